The SMILES string of the molecule is CO/N=C1\CC[C@]2(C)[C@H]3CC(=O)[C@@H]4[C@@H]([C@](C)(CCC=C(C)C)O[C@@H]5O[C@H](CO)[C@@H](O)[C@H](O)[C@H]5O)CC[C@@]4(C)[C@]3(C)CC[C@H]2C1(C)C. The van der Waals surface area contributed by atoms with Crippen LogP contribution in [0.5, 0.6) is 0 Å². The minimum atomic E-state index is -1.52. The Hall–Kier alpha value is -1.36. The Kier molecular flexibility index (Phi) is 9.77. The van der Waals surface area contributed by atoms with Crippen molar-refractivity contribution < 1.29 is 39.5 Å². The Labute approximate surface area is 276 Å². The lowest BCUT2D eigenvalue weighted by Gasteiger charge is -2.68. The van der Waals surface area contributed by atoms with Crippen LogP contribution < -0.4 is 0 Å². The minimum Gasteiger partial charge on any atom is -0.399 e. The summed E-state index contributed by atoms with van der Waals surface area (Å²) in [6.07, 6.45) is 3.02. The first-order chi connectivity index (χ1) is 21.4. The van der Waals surface area contributed by atoms with Crippen molar-refractivity contribution in [3.63, 3.8) is 0 Å². The van der Waals surface area contributed by atoms with Gasteiger partial charge in [-0.25, -0.2) is 0 Å². The Morgan fingerprint density at radius 2 is 1.67 bits per heavy atom. The van der Waals surface area contributed by atoms with Crippen molar-refractivity contribution in [3.05, 3.63) is 11.6 Å². The molecule has 13 atom stereocenters. The number of oxime groups is 1. The molecule has 1 heterocycles. The van der Waals surface area contributed by atoms with Crippen molar-refractivity contribution in [1.82, 2.24) is 0 Å². The topological polar surface area (TPSA) is 138 Å². The number of aliphatic hydroxyl groups is 4. The number of fused-ring (bicyclic) bond motifs is 5. The van der Waals surface area contributed by atoms with Crippen LogP contribution in [-0.2, 0) is 19.1 Å². The van der Waals surface area contributed by atoms with Gasteiger partial charge in [0, 0.05) is 17.8 Å². The third-order valence-electron chi connectivity index (χ3n) is 14.4. The van der Waals surface area contributed by atoms with Crippen LogP contribution in [0, 0.1) is 45.3 Å². The lowest BCUT2D eigenvalue weighted by Crippen LogP contribution is -2.66. The van der Waals surface area contributed by atoms with Crippen molar-refractivity contribution in [1.29, 1.82) is 0 Å². The molecule has 9 nitrogen and oxygen atoms in total. The Morgan fingerprint density at radius 1 is 1.00 bits per heavy atom. The van der Waals surface area contributed by atoms with E-state index in [1.165, 1.54) is 5.57 Å². The van der Waals surface area contributed by atoms with Crippen LogP contribution >= 0.6 is 0 Å². The summed E-state index contributed by atoms with van der Waals surface area (Å²) in [4.78, 5) is 20.0. The molecule has 0 aromatic heterocycles. The normalized spacial score (nSPS) is 47.4. The summed E-state index contributed by atoms with van der Waals surface area (Å²) >= 11 is 0. The third kappa shape index (κ3) is 5.43. The molecule has 5 rings (SSSR count). The largest absolute Gasteiger partial charge is 0.399 e. The van der Waals surface area contributed by atoms with Gasteiger partial charge < -0.3 is 34.7 Å². The maximum atomic E-state index is 14.7. The van der Waals surface area contributed by atoms with Crippen molar-refractivity contribution >= 4 is 11.5 Å². The van der Waals surface area contributed by atoms with E-state index in [2.05, 4.69) is 59.7 Å². The van der Waals surface area contributed by atoms with Gasteiger partial charge in [-0.3, -0.25) is 4.79 Å². The monoisotopic (exact) mass is 647 g/mol. The van der Waals surface area contributed by atoms with E-state index >= 15 is 0 Å². The van der Waals surface area contributed by atoms with E-state index in [1.54, 1.807) is 7.11 Å². The first-order valence-corrected chi connectivity index (χ1v) is 17.7. The molecule has 0 aromatic carbocycles. The standard InChI is InChI=1S/C37H61NO8/c1-21(2)11-10-15-37(8,46-32-31(43)30(42)29(41)24(20-39)45-32)22-12-17-36(7)28(22)23(40)19-26-34(5)16-14-27(38-44-9)33(3,4)25(34)13-18-35(26,36)6/h11,22,24-26,28-32,39,41-43H,10,12-20H2,1-9H3/b38-27+/t22-,24+,25-,26+,28-,29+,30-,31+,32-,34-,35+,36+,37-/m0/s1. The molecule has 0 radical (unpaired) electrons. The van der Waals surface area contributed by atoms with E-state index in [1.807, 2.05) is 6.92 Å². The molecular weight excluding hydrogens is 586 g/mol. The van der Waals surface area contributed by atoms with Gasteiger partial charge >= 0.3 is 0 Å². The number of hydrogen-bond donors (Lipinski definition) is 4. The molecule has 5 aliphatic rings. The molecule has 0 aromatic rings. The molecule has 0 unspecified atom stereocenters. The van der Waals surface area contributed by atoms with Crippen LogP contribution in [0.15, 0.2) is 16.8 Å². The number of rotatable bonds is 8. The number of Topliss-reactive ketones (excluding diaryl/α,β-unsaturated/α-hetero) is 1. The highest BCUT2D eigenvalue weighted by Gasteiger charge is 2.71. The molecular formula is C37H61NO8. The number of hydrogen-bond acceptors (Lipinski definition) is 9. The molecule has 46 heavy (non-hydrogen) atoms. The van der Waals surface area contributed by atoms with Gasteiger partial charge in [0.2, 0.25) is 0 Å². The zero-order valence-corrected chi connectivity index (χ0v) is 29.7. The highest BCUT2D eigenvalue weighted by atomic mass is 16.7. The maximum Gasteiger partial charge on any atom is 0.187 e. The smallest absolute Gasteiger partial charge is 0.187 e. The zero-order valence-electron chi connectivity index (χ0n) is 29.7. The van der Waals surface area contributed by atoms with E-state index < -0.39 is 42.9 Å². The van der Waals surface area contributed by atoms with Gasteiger partial charge in [0.05, 0.1) is 17.9 Å². The van der Waals surface area contributed by atoms with Crippen LogP contribution in [0.4, 0.5) is 0 Å². The third-order valence-corrected chi connectivity index (χ3v) is 14.4. The van der Waals surface area contributed by atoms with E-state index in [9.17, 15) is 25.2 Å². The summed E-state index contributed by atoms with van der Waals surface area (Å²) in [5, 5.41) is 46.2. The van der Waals surface area contributed by atoms with Crippen molar-refractivity contribution in [2.24, 2.45) is 50.5 Å². The lowest BCUT2D eigenvalue weighted by molar-refractivity contribution is -0.333. The number of aliphatic hydroxyl groups excluding tert-OH is 4. The van der Waals surface area contributed by atoms with Gasteiger partial charge in [-0.05, 0) is 106 Å². The average molecular weight is 648 g/mol. The summed E-state index contributed by atoms with van der Waals surface area (Å²) < 4.78 is 12.6. The Bertz CT molecular complexity index is 1210. The molecule has 5 fully saturated rings. The Morgan fingerprint density at radius 3 is 2.30 bits per heavy atom. The number of ether oxygens (including phenoxy) is 2. The van der Waals surface area contributed by atoms with Crippen LogP contribution in [-0.4, -0.2) is 81.9 Å². The summed E-state index contributed by atoms with van der Waals surface area (Å²) in [5.41, 5.74) is 1.09. The maximum absolute atomic E-state index is 14.7. The summed E-state index contributed by atoms with van der Waals surface area (Å²) in [5.74, 6) is 0.661. The van der Waals surface area contributed by atoms with Crippen molar-refractivity contribution in [2.45, 2.75) is 149 Å². The highest BCUT2D eigenvalue weighted by Crippen LogP contribution is 2.75. The molecule has 4 saturated carbocycles. The molecule has 9 heteroatoms. The quantitative estimate of drug-likeness (QED) is 0.209. The summed E-state index contributed by atoms with van der Waals surface area (Å²) in [7, 11) is 1.63. The van der Waals surface area contributed by atoms with Gasteiger partial charge in [-0.2, -0.15) is 0 Å². The number of nitrogens with zero attached hydrogens (tertiary/aromatic N) is 1. The first kappa shape index (κ1) is 35.9. The number of ketones is 1. The molecule has 0 spiro atoms. The Balaban J connectivity index is 1.49. The predicted octanol–water partition coefficient (Wildman–Crippen LogP) is 5.17. The molecule has 4 aliphatic carbocycles. The fourth-order valence-electron chi connectivity index (χ4n) is 11.6. The molecule has 262 valence electrons. The average Bonchev–Trinajstić information content (AvgIpc) is 3.36. The van der Waals surface area contributed by atoms with Gasteiger partial charge in [0.15, 0.2) is 6.29 Å². The van der Waals surface area contributed by atoms with Crippen LogP contribution in [0.2, 0.25) is 0 Å². The minimum absolute atomic E-state index is 0.00453. The van der Waals surface area contributed by atoms with E-state index in [0.29, 0.717) is 24.5 Å². The first-order valence-electron chi connectivity index (χ1n) is 17.7. The molecule has 1 aliphatic heterocycles. The molecule has 4 N–H and O–H groups in total. The molecule has 1 saturated heterocycles. The van der Waals surface area contributed by atoms with Crippen LogP contribution in [0.1, 0.15) is 113 Å². The second-order valence-corrected chi connectivity index (χ2v) is 17.2. The van der Waals surface area contributed by atoms with Gasteiger partial charge in [0.1, 0.15) is 37.3 Å². The van der Waals surface area contributed by atoms with Gasteiger partial charge in [-0.1, -0.05) is 51.4 Å². The highest BCUT2D eigenvalue weighted by molar-refractivity contribution is 5.91. The van der Waals surface area contributed by atoms with Crippen molar-refractivity contribution in [3.8, 4) is 0 Å². The fraction of sp³-hybridized carbons (Fsp3) is 0.892. The number of carbonyl (C=O) groups is 1. The predicted molar refractivity (Wildman–Crippen MR) is 176 cm³/mol. The zero-order chi connectivity index (χ0) is 34.0. The van der Waals surface area contributed by atoms with Gasteiger partial charge in [-0.15, -0.1) is 0 Å². The molecule has 0 bridgehead atoms. The number of allylic oxidation sites excluding steroid dienone is 2. The second-order valence-electron chi connectivity index (χ2n) is 17.2. The molecule has 0 amide bonds. The van der Waals surface area contributed by atoms with Gasteiger partial charge in [0.25, 0.3) is 0 Å². The second kappa shape index (κ2) is 12.5. The van der Waals surface area contributed by atoms with Crippen LogP contribution in [0.25, 0.3) is 0 Å². The van der Waals surface area contributed by atoms with E-state index in [0.717, 1.165) is 50.7 Å². The van der Waals surface area contributed by atoms with E-state index in [-0.39, 0.29) is 39.4 Å². The van der Waals surface area contributed by atoms with E-state index in [4.69, 9.17) is 14.3 Å². The van der Waals surface area contributed by atoms with Crippen molar-refractivity contribution in [2.75, 3.05) is 13.7 Å². The summed E-state index contributed by atoms with van der Waals surface area (Å²) in [6.45, 7) is 17.5. The summed E-state index contributed by atoms with van der Waals surface area (Å²) in [6, 6.07) is 0. The van der Waals surface area contributed by atoms with Crippen LogP contribution in [0.3, 0.4) is 0 Å². The lowest BCUT2D eigenvalue weighted by atomic mass is 9.35. The fourth-order valence-corrected chi connectivity index (χ4v) is 11.6. The number of carbonyl (C=O) groups excluding carboxylic acids is 1.